The van der Waals surface area contributed by atoms with Gasteiger partial charge in [-0.1, -0.05) is 12.1 Å². The summed E-state index contributed by atoms with van der Waals surface area (Å²) in [6.07, 6.45) is 1.45. The topological polar surface area (TPSA) is 121 Å². The predicted molar refractivity (Wildman–Crippen MR) is 67.7 cm³/mol. The van der Waals surface area contributed by atoms with E-state index >= 15 is 0 Å². The molecule has 0 fully saturated rings. The lowest BCUT2D eigenvalue weighted by molar-refractivity contribution is -0.385. The number of hydrogen-bond acceptors (Lipinski definition) is 6. The van der Waals surface area contributed by atoms with Crippen LogP contribution in [0.1, 0.15) is 5.56 Å². The molecule has 0 saturated carbocycles. The number of aromatic nitrogens is 2. The van der Waals surface area contributed by atoms with Gasteiger partial charge in [-0.05, 0) is 12.5 Å². The van der Waals surface area contributed by atoms with Gasteiger partial charge in [0.1, 0.15) is 5.82 Å². The molecule has 7 heteroatoms. The molecule has 0 radical (unpaired) electrons. The lowest BCUT2D eigenvalue weighted by atomic mass is 10.0. The van der Waals surface area contributed by atoms with Gasteiger partial charge < -0.3 is 11.5 Å². The maximum Gasteiger partial charge on any atom is 0.272 e. The number of anilines is 2. The summed E-state index contributed by atoms with van der Waals surface area (Å²) in [5.74, 6) is 0.263. The van der Waals surface area contributed by atoms with Crippen LogP contribution >= 0.6 is 0 Å². The molecule has 0 bridgehead atoms. The van der Waals surface area contributed by atoms with E-state index in [1.54, 1.807) is 19.1 Å². The van der Waals surface area contributed by atoms with E-state index in [0.717, 1.165) is 0 Å². The minimum atomic E-state index is -0.437. The van der Waals surface area contributed by atoms with E-state index in [9.17, 15) is 10.1 Å². The Labute approximate surface area is 103 Å². The molecule has 92 valence electrons. The largest absolute Gasteiger partial charge is 0.383 e. The van der Waals surface area contributed by atoms with Crippen molar-refractivity contribution in [1.82, 2.24) is 9.97 Å². The number of nitro benzene ring substituents is 1. The Morgan fingerprint density at radius 3 is 2.67 bits per heavy atom. The lowest BCUT2D eigenvalue weighted by Crippen LogP contribution is -2.01. The van der Waals surface area contributed by atoms with Crippen LogP contribution < -0.4 is 11.5 Å². The minimum Gasteiger partial charge on any atom is -0.383 e. The molecule has 18 heavy (non-hydrogen) atoms. The molecular formula is C11H11N5O2. The van der Waals surface area contributed by atoms with Crippen molar-refractivity contribution in [2.24, 2.45) is 0 Å². The summed E-state index contributed by atoms with van der Waals surface area (Å²) < 4.78 is 0. The highest BCUT2D eigenvalue weighted by molar-refractivity contribution is 5.75. The second kappa shape index (κ2) is 4.28. The average molecular weight is 245 g/mol. The number of nitro groups is 1. The summed E-state index contributed by atoms with van der Waals surface area (Å²) >= 11 is 0. The Balaban J connectivity index is 2.58. The number of rotatable bonds is 2. The Kier molecular flexibility index (Phi) is 2.80. The summed E-state index contributed by atoms with van der Waals surface area (Å²) in [7, 11) is 0. The van der Waals surface area contributed by atoms with Crippen molar-refractivity contribution in [1.29, 1.82) is 0 Å². The molecule has 1 aromatic heterocycles. The van der Waals surface area contributed by atoms with Crippen molar-refractivity contribution in [3.63, 3.8) is 0 Å². The van der Waals surface area contributed by atoms with E-state index in [4.69, 9.17) is 11.5 Å². The minimum absolute atomic E-state index is 0.0312. The van der Waals surface area contributed by atoms with Gasteiger partial charge in [-0.25, -0.2) is 4.98 Å². The smallest absolute Gasteiger partial charge is 0.272 e. The van der Waals surface area contributed by atoms with Gasteiger partial charge in [0.05, 0.1) is 4.92 Å². The van der Waals surface area contributed by atoms with E-state index in [0.29, 0.717) is 16.7 Å². The second-order valence-electron chi connectivity index (χ2n) is 3.79. The fourth-order valence-electron chi connectivity index (χ4n) is 1.61. The molecular weight excluding hydrogens is 234 g/mol. The molecule has 0 aliphatic carbocycles. The molecule has 1 heterocycles. The molecule has 1 aromatic carbocycles. The van der Waals surface area contributed by atoms with Crippen LogP contribution in [0.15, 0.2) is 24.4 Å². The van der Waals surface area contributed by atoms with Crippen molar-refractivity contribution < 1.29 is 4.92 Å². The van der Waals surface area contributed by atoms with E-state index in [2.05, 4.69) is 9.97 Å². The van der Waals surface area contributed by atoms with Crippen LogP contribution in [-0.2, 0) is 0 Å². The zero-order chi connectivity index (χ0) is 13.3. The van der Waals surface area contributed by atoms with Gasteiger partial charge in [0.15, 0.2) is 0 Å². The van der Waals surface area contributed by atoms with Crippen LogP contribution in [0.2, 0.25) is 0 Å². The zero-order valence-corrected chi connectivity index (χ0v) is 9.62. The fourth-order valence-corrected chi connectivity index (χ4v) is 1.61. The van der Waals surface area contributed by atoms with E-state index in [-0.39, 0.29) is 17.5 Å². The molecule has 0 atom stereocenters. The zero-order valence-electron chi connectivity index (χ0n) is 9.62. The van der Waals surface area contributed by atoms with Crippen LogP contribution in [0.25, 0.3) is 11.1 Å². The molecule has 0 saturated heterocycles. The molecule has 2 rings (SSSR count). The SMILES string of the molecule is Cc1ccc(-c2cnc(N)nc2N)cc1[N+](=O)[O-]. The molecule has 0 amide bonds. The average Bonchev–Trinajstić information content (AvgIpc) is 2.30. The molecule has 2 aromatic rings. The second-order valence-corrected chi connectivity index (χ2v) is 3.79. The Bertz CT molecular complexity index is 627. The summed E-state index contributed by atoms with van der Waals surface area (Å²) in [4.78, 5) is 18.1. The van der Waals surface area contributed by atoms with E-state index in [1.807, 2.05) is 0 Å². The van der Waals surface area contributed by atoms with Gasteiger partial charge >= 0.3 is 0 Å². The first kappa shape index (κ1) is 11.8. The third-order valence-electron chi connectivity index (χ3n) is 2.55. The first-order valence-electron chi connectivity index (χ1n) is 5.12. The van der Waals surface area contributed by atoms with Crippen molar-refractivity contribution in [2.75, 3.05) is 11.5 Å². The maximum atomic E-state index is 10.9. The third kappa shape index (κ3) is 2.05. The number of nitrogens with zero attached hydrogens (tertiary/aromatic N) is 3. The van der Waals surface area contributed by atoms with Gasteiger partial charge in [-0.2, -0.15) is 4.98 Å². The van der Waals surface area contributed by atoms with Crippen LogP contribution in [0.5, 0.6) is 0 Å². The summed E-state index contributed by atoms with van der Waals surface area (Å²) in [5, 5.41) is 10.9. The molecule has 0 aliphatic heterocycles. The fraction of sp³-hybridized carbons (Fsp3) is 0.0909. The van der Waals surface area contributed by atoms with Gasteiger partial charge in [-0.3, -0.25) is 10.1 Å². The molecule has 4 N–H and O–H groups in total. The van der Waals surface area contributed by atoms with Crippen LogP contribution in [0.4, 0.5) is 17.5 Å². The number of nitrogen functional groups attached to an aromatic ring is 2. The van der Waals surface area contributed by atoms with Crippen LogP contribution in [0, 0.1) is 17.0 Å². The quantitative estimate of drug-likeness (QED) is 0.611. The Hall–Kier alpha value is -2.70. The number of nitrogens with two attached hydrogens (primary N) is 2. The highest BCUT2D eigenvalue weighted by atomic mass is 16.6. The molecule has 0 aliphatic rings. The first-order chi connectivity index (χ1) is 8.49. The lowest BCUT2D eigenvalue weighted by Gasteiger charge is -2.06. The highest BCUT2D eigenvalue weighted by Gasteiger charge is 2.13. The van der Waals surface area contributed by atoms with Crippen molar-refractivity contribution >= 4 is 17.5 Å². The molecule has 0 unspecified atom stereocenters. The van der Waals surface area contributed by atoms with Gasteiger partial charge in [-0.15, -0.1) is 0 Å². The van der Waals surface area contributed by atoms with Gasteiger partial charge in [0, 0.05) is 23.4 Å². The number of benzene rings is 1. The van der Waals surface area contributed by atoms with Crippen molar-refractivity contribution in [3.05, 3.63) is 40.1 Å². The summed E-state index contributed by atoms with van der Waals surface area (Å²) in [6, 6.07) is 4.83. The Morgan fingerprint density at radius 1 is 1.33 bits per heavy atom. The first-order valence-corrected chi connectivity index (χ1v) is 5.12. The summed E-state index contributed by atoms with van der Waals surface area (Å²) in [5.41, 5.74) is 12.8. The normalized spacial score (nSPS) is 10.3. The monoisotopic (exact) mass is 245 g/mol. The standard InChI is InChI=1S/C11H11N5O2/c1-6-2-3-7(4-9(6)16(17)18)8-5-14-11(13)15-10(8)12/h2-5H,1H3,(H4,12,13,14,15). The van der Waals surface area contributed by atoms with Crippen LogP contribution in [0.3, 0.4) is 0 Å². The number of aryl methyl sites for hydroxylation is 1. The highest BCUT2D eigenvalue weighted by Crippen LogP contribution is 2.29. The Morgan fingerprint density at radius 2 is 2.06 bits per heavy atom. The predicted octanol–water partition coefficient (Wildman–Crippen LogP) is 1.52. The molecule has 0 spiro atoms. The van der Waals surface area contributed by atoms with Gasteiger partial charge in [0.2, 0.25) is 5.95 Å². The van der Waals surface area contributed by atoms with Crippen molar-refractivity contribution in [2.45, 2.75) is 6.92 Å². The van der Waals surface area contributed by atoms with Crippen molar-refractivity contribution in [3.8, 4) is 11.1 Å². The number of hydrogen-bond donors (Lipinski definition) is 2. The summed E-state index contributed by atoms with van der Waals surface area (Å²) in [6.45, 7) is 1.67. The third-order valence-corrected chi connectivity index (χ3v) is 2.55. The maximum absolute atomic E-state index is 10.9. The van der Waals surface area contributed by atoms with Crippen LogP contribution in [-0.4, -0.2) is 14.9 Å². The van der Waals surface area contributed by atoms with E-state index in [1.165, 1.54) is 12.3 Å². The van der Waals surface area contributed by atoms with E-state index < -0.39 is 4.92 Å². The van der Waals surface area contributed by atoms with Gasteiger partial charge in [0.25, 0.3) is 5.69 Å². The molecule has 7 nitrogen and oxygen atoms in total.